The zero-order chi connectivity index (χ0) is 17.8. The highest BCUT2D eigenvalue weighted by Crippen LogP contribution is 2.47. The first-order valence-electron chi connectivity index (χ1n) is 8.95. The Kier molecular flexibility index (Phi) is 6.49. The van der Waals surface area contributed by atoms with Crippen molar-refractivity contribution in [1.82, 2.24) is 4.90 Å². The van der Waals surface area contributed by atoms with Crippen molar-refractivity contribution >= 4 is 28.6 Å². The molecule has 0 radical (unpaired) electrons. The molecule has 25 heavy (non-hydrogen) atoms. The highest BCUT2D eigenvalue weighted by atomic mass is 127. The van der Waals surface area contributed by atoms with E-state index in [-0.39, 0.29) is 30.5 Å². The average Bonchev–Trinajstić information content (AvgIpc) is 2.89. The molecule has 1 aromatic rings. The monoisotopic (exact) mass is 457 g/mol. The number of benzene rings is 1. The summed E-state index contributed by atoms with van der Waals surface area (Å²) in [6, 6.07) is 9.17. The molecular formula is C20H25FINO2. The van der Waals surface area contributed by atoms with Gasteiger partial charge in [-0.25, -0.2) is 4.39 Å². The minimum Gasteiger partial charge on any atom is -0.463 e. The topological polar surface area (TPSA) is 29.5 Å². The van der Waals surface area contributed by atoms with Crippen LogP contribution in [0, 0.1) is 12.8 Å². The first-order valence-corrected chi connectivity index (χ1v) is 10.2. The Labute approximate surface area is 162 Å². The molecule has 2 fully saturated rings. The SMILES string of the molecule is Cc1ccc([C@@H]2C[C@H]3CC[C@H]([C@H]2C(=O)OCCF)N3C/C=C/I)cc1. The third kappa shape index (κ3) is 4.08. The number of ether oxygens (including phenoxy) is 1. The summed E-state index contributed by atoms with van der Waals surface area (Å²) in [5.74, 6) is -0.294. The minimum atomic E-state index is -0.623. The number of halogens is 2. The van der Waals surface area contributed by atoms with Gasteiger partial charge in [0.1, 0.15) is 13.3 Å². The van der Waals surface area contributed by atoms with Crippen molar-refractivity contribution in [3.05, 3.63) is 45.6 Å². The molecule has 1 aromatic carbocycles. The molecule has 0 spiro atoms. The molecule has 2 bridgehead atoms. The molecular weight excluding hydrogens is 432 g/mol. The van der Waals surface area contributed by atoms with Crippen molar-refractivity contribution in [2.75, 3.05) is 19.8 Å². The molecule has 4 atom stereocenters. The van der Waals surface area contributed by atoms with E-state index in [1.54, 1.807) is 0 Å². The van der Waals surface area contributed by atoms with Gasteiger partial charge in [-0.2, -0.15) is 0 Å². The largest absolute Gasteiger partial charge is 0.463 e. The maximum absolute atomic E-state index is 12.8. The van der Waals surface area contributed by atoms with Crippen molar-refractivity contribution in [3.8, 4) is 0 Å². The molecule has 3 nitrogen and oxygen atoms in total. The molecule has 2 aliphatic heterocycles. The Morgan fingerprint density at radius 3 is 2.80 bits per heavy atom. The first-order chi connectivity index (χ1) is 12.2. The molecule has 0 aromatic heterocycles. The number of carbonyl (C=O) groups excluding carboxylic acids is 1. The van der Waals surface area contributed by atoms with E-state index in [2.05, 4.69) is 64.8 Å². The molecule has 5 heteroatoms. The molecule has 2 heterocycles. The smallest absolute Gasteiger partial charge is 0.311 e. The van der Waals surface area contributed by atoms with Crippen molar-refractivity contribution in [1.29, 1.82) is 0 Å². The molecule has 0 amide bonds. The summed E-state index contributed by atoms with van der Waals surface area (Å²) in [5, 5.41) is 0. The summed E-state index contributed by atoms with van der Waals surface area (Å²) < 4.78 is 19.8. The van der Waals surface area contributed by atoms with Gasteiger partial charge >= 0.3 is 5.97 Å². The Balaban J connectivity index is 1.88. The third-order valence-electron chi connectivity index (χ3n) is 5.57. The van der Waals surface area contributed by atoms with Gasteiger partial charge in [0.05, 0.1) is 5.92 Å². The maximum Gasteiger partial charge on any atom is 0.311 e. The Morgan fingerprint density at radius 1 is 1.36 bits per heavy atom. The number of esters is 1. The highest BCUT2D eigenvalue weighted by molar-refractivity contribution is 14.1. The predicted molar refractivity (Wildman–Crippen MR) is 106 cm³/mol. The van der Waals surface area contributed by atoms with E-state index in [0.29, 0.717) is 6.04 Å². The zero-order valence-corrected chi connectivity index (χ0v) is 16.7. The fourth-order valence-corrected chi connectivity index (χ4v) is 4.70. The lowest BCUT2D eigenvalue weighted by molar-refractivity contribution is -0.154. The fraction of sp³-hybridized carbons (Fsp3) is 0.550. The lowest BCUT2D eigenvalue weighted by Crippen LogP contribution is -2.51. The number of hydrogen-bond donors (Lipinski definition) is 0. The van der Waals surface area contributed by atoms with Crippen LogP contribution in [0.3, 0.4) is 0 Å². The van der Waals surface area contributed by atoms with E-state index in [4.69, 9.17) is 4.74 Å². The summed E-state index contributed by atoms with van der Waals surface area (Å²) >= 11 is 2.23. The number of aryl methyl sites for hydroxylation is 1. The van der Waals surface area contributed by atoms with Gasteiger partial charge in [0.2, 0.25) is 0 Å². The number of fused-ring (bicyclic) bond motifs is 2. The van der Waals surface area contributed by atoms with Crippen LogP contribution in [0.25, 0.3) is 0 Å². The summed E-state index contributed by atoms with van der Waals surface area (Å²) in [5.41, 5.74) is 2.42. The third-order valence-corrected chi connectivity index (χ3v) is 6.08. The van der Waals surface area contributed by atoms with E-state index in [1.807, 2.05) is 4.08 Å². The van der Waals surface area contributed by atoms with Gasteiger partial charge < -0.3 is 4.74 Å². The minimum absolute atomic E-state index is 0.139. The van der Waals surface area contributed by atoms with Gasteiger partial charge in [-0.15, -0.1) is 0 Å². The Hall–Kier alpha value is -0.950. The molecule has 0 N–H and O–H groups in total. The molecule has 0 saturated carbocycles. The second-order valence-corrected chi connectivity index (χ2v) is 7.71. The maximum atomic E-state index is 12.8. The standard InChI is InChI=1S/C20H25FINO2/c1-14-3-5-15(6-4-14)17-13-16-7-8-18(23(16)11-2-10-22)19(17)20(24)25-12-9-21/h2-6,10,16-19H,7-9,11-13H2,1H3/b10-2+/t16-,17+,18-,19+/m1/s1. The quantitative estimate of drug-likeness (QED) is 0.469. The van der Waals surface area contributed by atoms with Crippen molar-refractivity contribution in [2.24, 2.45) is 5.92 Å². The van der Waals surface area contributed by atoms with Crippen LogP contribution in [0.15, 0.2) is 34.4 Å². The van der Waals surface area contributed by atoms with Gasteiger partial charge in [0.15, 0.2) is 0 Å². The van der Waals surface area contributed by atoms with E-state index < -0.39 is 6.67 Å². The predicted octanol–water partition coefficient (Wildman–Crippen LogP) is 4.39. The van der Waals surface area contributed by atoms with Crippen LogP contribution in [-0.4, -0.2) is 42.8 Å². The van der Waals surface area contributed by atoms with Crippen molar-refractivity contribution < 1.29 is 13.9 Å². The lowest BCUT2D eigenvalue weighted by atomic mass is 9.76. The Bertz CT molecular complexity index is 619. The van der Waals surface area contributed by atoms with Crippen LogP contribution < -0.4 is 0 Å². The second kappa shape index (κ2) is 8.62. The molecule has 2 saturated heterocycles. The number of alkyl halides is 1. The van der Waals surface area contributed by atoms with Crippen LogP contribution in [0.4, 0.5) is 4.39 Å². The number of rotatable bonds is 6. The van der Waals surface area contributed by atoms with Gasteiger partial charge in [0, 0.05) is 24.5 Å². The molecule has 2 aliphatic rings. The van der Waals surface area contributed by atoms with Crippen LogP contribution in [0.5, 0.6) is 0 Å². The van der Waals surface area contributed by atoms with E-state index in [9.17, 15) is 9.18 Å². The molecule has 0 aliphatic carbocycles. The van der Waals surface area contributed by atoms with E-state index in [0.717, 1.165) is 25.8 Å². The van der Waals surface area contributed by atoms with Gasteiger partial charge in [-0.1, -0.05) is 58.5 Å². The number of piperidine rings is 1. The van der Waals surface area contributed by atoms with Crippen LogP contribution in [-0.2, 0) is 9.53 Å². The van der Waals surface area contributed by atoms with Crippen molar-refractivity contribution in [3.63, 3.8) is 0 Å². The summed E-state index contributed by atoms with van der Waals surface area (Å²) in [4.78, 5) is 15.2. The lowest BCUT2D eigenvalue weighted by Gasteiger charge is -2.43. The average molecular weight is 457 g/mol. The normalized spacial score (nSPS) is 29.2. The van der Waals surface area contributed by atoms with Gasteiger partial charge in [-0.3, -0.25) is 9.69 Å². The van der Waals surface area contributed by atoms with Gasteiger partial charge in [0.25, 0.3) is 0 Å². The van der Waals surface area contributed by atoms with Crippen LogP contribution in [0.1, 0.15) is 36.3 Å². The van der Waals surface area contributed by atoms with Gasteiger partial charge in [-0.05, 0) is 35.8 Å². The highest BCUT2D eigenvalue weighted by Gasteiger charge is 2.50. The molecule has 0 unspecified atom stereocenters. The number of nitrogens with zero attached hydrogens (tertiary/aromatic N) is 1. The van der Waals surface area contributed by atoms with E-state index in [1.165, 1.54) is 11.1 Å². The number of carbonyl (C=O) groups is 1. The van der Waals surface area contributed by atoms with E-state index >= 15 is 0 Å². The first kappa shape index (κ1) is 18.8. The summed E-state index contributed by atoms with van der Waals surface area (Å²) in [6.07, 6.45) is 5.23. The van der Waals surface area contributed by atoms with Crippen LogP contribution in [0.2, 0.25) is 0 Å². The molecule has 136 valence electrons. The Morgan fingerprint density at radius 2 is 2.12 bits per heavy atom. The summed E-state index contributed by atoms with van der Waals surface area (Å²) in [7, 11) is 0. The molecule has 3 rings (SSSR count). The summed E-state index contributed by atoms with van der Waals surface area (Å²) in [6.45, 7) is 2.17. The second-order valence-electron chi connectivity index (χ2n) is 6.99. The number of hydrogen-bond acceptors (Lipinski definition) is 3. The van der Waals surface area contributed by atoms with Crippen LogP contribution >= 0.6 is 22.6 Å². The van der Waals surface area contributed by atoms with Crippen molar-refractivity contribution in [2.45, 2.75) is 44.2 Å². The zero-order valence-electron chi connectivity index (χ0n) is 14.5. The fourth-order valence-electron chi connectivity index (χ4n) is 4.47.